The number of nitrogens with zero attached hydrogens (tertiary/aromatic N) is 1. The number of carbonyl (C=O) groups is 2. The molecule has 0 rings (SSSR count). The summed E-state index contributed by atoms with van der Waals surface area (Å²) in [5.74, 6) is -0.839. The van der Waals surface area contributed by atoms with Crippen LogP contribution in [-0.4, -0.2) is 70.0 Å². The van der Waals surface area contributed by atoms with Crippen molar-refractivity contribution in [3.8, 4) is 0 Å². The Morgan fingerprint density at radius 1 is 0.508 bits per heavy atom. The van der Waals surface area contributed by atoms with Gasteiger partial charge in [-0.15, -0.1) is 0 Å². The van der Waals surface area contributed by atoms with Crippen LogP contribution in [-0.2, 0) is 32.7 Å². The number of rotatable bonds is 47. The van der Waals surface area contributed by atoms with Gasteiger partial charge in [-0.05, 0) is 38.5 Å². The lowest BCUT2D eigenvalue weighted by Gasteiger charge is -2.28. The summed E-state index contributed by atoms with van der Waals surface area (Å²) in [6, 6.07) is 0. The third-order valence-corrected chi connectivity index (χ3v) is 12.2. The van der Waals surface area contributed by atoms with Gasteiger partial charge in [0.1, 0.15) is 19.8 Å². The van der Waals surface area contributed by atoms with Gasteiger partial charge >= 0.3 is 11.9 Å². The number of hydrogen-bond donors (Lipinski definition) is 0. The zero-order valence-electron chi connectivity index (χ0n) is 40.6. The molecule has 2 atom stereocenters. The Morgan fingerprint density at radius 3 is 1.34 bits per heavy atom. The van der Waals surface area contributed by atoms with Crippen molar-refractivity contribution >= 4 is 19.8 Å². The molecule has 0 aliphatic rings. The Balaban J connectivity index is 4.17. The normalized spacial score (nSPS) is 13.6. The van der Waals surface area contributed by atoms with E-state index < -0.39 is 26.5 Å². The fourth-order valence-electron chi connectivity index (χ4n) is 7.20. The van der Waals surface area contributed by atoms with Gasteiger partial charge in [0.15, 0.2) is 6.10 Å². The minimum absolute atomic E-state index is 0.0317. The fourth-order valence-corrected chi connectivity index (χ4v) is 7.93. The molecular weight excluding hydrogens is 786 g/mol. The van der Waals surface area contributed by atoms with E-state index in [1.165, 1.54) is 141 Å². The number of likely N-dealkylation sites (N-methyl/N-ethyl adjacent to an activating group) is 1. The number of ether oxygens (including phenoxy) is 2. The van der Waals surface area contributed by atoms with Gasteiger partial charge in [0, 0.05) is 12.8 Å². The van der Waals surface area contributed by atoms with Crippen molar-refractivity contribution in [1.29, 1.82) is 0 Å². The maximum absolute atomic E-state index is 12.7. The van der Waals surface area contributed by atoms with E-state index in [1.54, 1.807) is 0 Å². The summed E-state index contributed by atoms with van der Waals surface area (Å²) in [5.41, 5.74) is 0. The predicted octanol–water partition coefficient (Wildman–Crippen LogP) is 14.5. The second-order valence-corrected chi connectivity index (χ2v) is 20.0. The van der Waals surface area contributed by atoms with Crippen molar-refractivity contribution in [2.24, 2.45) is 0 Å². The summed E-state index contributed by atoms with van der Waals surface area (Å²) in [5, 5.41) is 0. The molecule has 9 nitrogen and oxygen atoms in total. The number of allylic oxidation sites excluding steroid dienone is 4. The molecule has 0 N–H and O–H groups in total. The van der Waals surface area contributed by atoms with Gasteiger partial charge in [0.05, 0.1) is 27.7 Å². The third kappa shape index (κ3) is 47.8. The highest BCUT2D eigenvalue weighted by atomic mass is 31.2. The average molecular weight is 884 g/mol. The van der Waals surface area contributed by atoms with E-state index in [1.807, 2.05) is 21.1 Å². The zero-order chi connectivity index (χ0) is 45.0. The molecule has 360 valence electrons. The molecule has 0 amide bonds. The molecule has 0 saturated heterocycles. The Morgan fingerprint density at radius 2 is 0.902 bits per heavy atom. The topological polar surface area (TPSA) is 111 Å². The second kappa shape index (κ2) is 43.7. The van der Waals surface area contributed by atoms with Gasteiger partial charge < -0.3 is 27.9 Å². The van der Waals surface area contributed by atoms with Crippen molar-refractivity contribution < 1.29 is 42.1 Å². The molecule has 1 unspecified atom stereocenters. The maximum atomic E-state index is 12.7. The molecule has 10 heteroatoms. The number of unbranched alkanes of at least 4 members (excludes halogenated alkanes) is 29. The molecule has 0 aromatic rings. The Labute approximate surface area is 377 Å². The quantitative estimate of drug-likeness (QED) is 0.0195. The highest BCUT2D eigenvalue weighted by molar-refractivity contribution is 7.45. The minimum atomic E-state index is -4.63. The van der Waals surface area contributed by atoms with Crippen molar-refractivity contribution in [3.05, 3.63) is 24.3 Å². The highest BCUT2D eigenvalue weighted by Gasteiger charge is 2.21. The lowest BCUT2D eigenvalue weighted by atomic mass is 10.0. The Hall–Kier alpha value is -1.51. The molecule has 0 aliphatic heterocycles. The van der Waals surface area contributed by atoms with Crippen LogP contribution in [0, 0.1) is 0 Å². The molecule has 0 aliphatic carbocycles. The number of quaternary nitrogens is 1. The first kappa shape index (κ1) is 59.5. The number of phosphoric acid groups is 1. The molecule has 0 radical (unpaired) electrons. The minimum Gasteiger partial charge on any atom is -0.756 e. The van der Waals surface area contributed by atoms with Gasteiger partial charge in [-0.3, -0.25) is 14.2 Å². The van der Waals surface area contributed by atoms with Crippen LogP contribution < -0.4 is 4.89 Å². The van der Waals surface area contributed by atoms with E-state index in [0.717, 1.165) is 64.2 Å². The molecule has 0 aromatic carbocycles. The summed E-state index contributed by atoms with van der Waals surface area (Å²) >= 11 is 0. The van der Waals surface area contributed by atoms with E-state index in [9.17, 15) is 19.0 Å². The monoisotopic (exact) mass is 884 g/mol. The SMILES string of the molecule is CCCC/C=C/C/C=C/CCCCCCCC(=O)O[C@@H](COC(=O)CCCCCCCCCCCCCCCCCCCCCCCCC)COP(=O)([O-])OCC[N+](C)(C)C. The first-order valence-corrected chi connectivity index (χ1v) is 27.0. The summed E-state index contributed by atoms with van der Waals surface area (Å²) in [7, 11) is 1.16. The molecule has 0 fully saturated rings. The van der Waals surface area contributed by atoms with E-state index in [4.69, 9.17) is 18.5 Å². The first-order chi connectivity index (χ1) is 29.5. The molecular formula is C51H98NO8P. The van der Waals surface area contributed by atoms with Gasteiger partial charge in [0.2, 0.25) is 0 Å². The lowest BCUT2D eigenvalue weighted by molar-refractivity contribution is -0.870. The Bertz CT molecular complexity index is 1090. The number of hydrogen-bond acceptors (Lipinski definition) is 8. The van der Waals surface area contributed by atoms with Crippen LogP contribution in [0.25, 0.3) is 0 Å². The van der Waals surface area contributed by atoms with Crippen molar-refractivity contribution in [1.82, 2.24) is 0 Å². The molecule has 0 bridgehead atoms. The van der Waals surface area contributed by atoms with Crippen LogP contribution in [0.5, 0.6) is 0 Å². The van der Waals surface area contributed by atoms with Gasteiger partial charge in [-0.25, -0.2) is 0 Å². The number of esters is 2. The average Bonchev–Trinajstić information content (AvgIpc) is 3.21. The summed E-state index contributed by atoms with van der Waals surface area (Å²) in [6.07, 6.45) is 49.3. The fraction of sp³-hybridized carbons (Fsp3) is 0.882. The molecule has 0 spiro atoms. The van der Waals surface area contributed by atoms with Gasteiger partial charge in [-0.2, -0.15) is 0 Å². The number of carbonyl (C=O) groups excluding carboxylic acids is 2. The van der Waals surface area contributed by atoms with Gasteiger partial charge in [0.25, 0.3) is 7.82 Å². The van der Waals surface area contributed by atoms with E-state index in [0.29, 0.717) is 17.4 Å². The van der Waals surface area contributed by atoms with Crippen LogP contribution in [0.1, 0.15) is 239 Å². The molecule has 0 heterocycles. The summed E-state index contributed by atoms with van der Waals surface area (Å²) < 4.78 is 34.0. The largest absolute Gasteiger partial charge is 0.756 e. The van der Waals surface area contributed by atoms with Crippen LogP contribution in [0.3, 0.4) is 0 Å². The van der Waals surface area contributed by atoms with Crippen molar-refractivity contribution in [3.63, 3.8) is 0 Å². The van der Waals surface area contributed by atoms with Crippen LogP contribution >= 0.6 is 7.82 Å². The second-order valence-electron chi connectivity index (χ2n) is 18.5. The van der Waals surface area contributed by atoms with Crippen LogP contribution in [0.4, 0.5) is 0 Å². The lowest BCUT2D eigenvalue weighted by Crippen LogP contribution is -2.37. The van der Waals surface area contributed by atoms with Gasteiger partial charge in [-0.1, -0.05) is 212 Å². The smallest absolute Gasteiger partial charge is 0.306 e. The van der Waals surface area contributed by atoms with Crippen LogP contribution in [0.2, 0.25) is 0 Å². The Kier molecular flexibility index (Phi) is 42.6. The predicted molar refractivity (Wildman–Crippen MR) is 254 cm³/mol. The molecule has 61 heavy (non-hydrogen) atoms. The van der Waals surface area contributed by atoms with Crippen molar-refractivity contribution in [2.75, 3.05) is 47.5 Å². The third-order valence-electron chi connectivity index (χ3n) is 11.2. The van der Waals surface area contributed by atoms with E-state index in [2.05, 4.69) is 38.2 Å². The standard InChI is InChI=1S/C51H98NO8P/c1-6-8-10-12-14-16-18-20-22-23-24-25-26-27-28-29-30-32-33-35-37-39-41-43-50(53)57-47-49(48-59-61(55,56)58-46-45-52(3,4)5)60-51(54)44-42-40-38-36-34-31-21-19-17-15-13-11-9-7-2/h13,15,19,21,49H,6-12,14,16-18,20,22-48H2,1-5H3/b15-13+,21-19+/t49-/m0/s1. The maximum Gasteiger partial charge on any atom is 0.306 e. The zero-order valence-corrected chi connectivity index (χ0v) is 41.5. The number of phosphoric ester groups is 1. The summed E-state index contributed by atoms with van der Waals surface area (Å²) in [4.78, 5) is 37.7. The van der Waals surface area contributed by atoms with E-state index >= 15 is 0 Å². The van der Waals surface area contributed by atoms with E-state index in [-0.39, 0.29) is 32.0 Å². The highest BCUT2D eigenvalue weighted by Crippen LogP contribution is 2.38. The molecule has 0 aromatic heterocycles. The van der Waals surface area contributed by atoms with Crippen LogP contribution in [0.15, 0.2) is 24.3 Å². The summed E-state index contributed by atoms with van der Waals surface area (Å²) in [6.45, 7) is 4.21. The molecule has 0 saturated carbocycles. The first-order valence-electron chi connectivity index (χ1n) is 25.5. The van der Waals surface area contributed by atoms with Crippen molar-refractivity contribution in [2.45, 2.75) is 245 Å².